The summed E-state index contributed by atoms with van der Waals surface area (Å²) in [5, 5.41) is 0. The van der Waals surface area contributed by atoms with Crippen molar-refractivity contribution in [3.05, 3.63) is 58.9 Å². The maximum atomic E-state index is 14.2. The predicted octanol–water partition coefficient (Wildman–Crippen LogP) is 7.15. The van der Waals surface area contributed by atoms with E-state index >= 15 is 0 Å². The van der Waals surface area contributed by atoms with Crippen LogP contribution in [0.15, 0.2) is 47.7 Å². The zero-order chi connectivity index (χ0) is 19.5. The first-order valence-corrected chi connectivity index (χ1v) is 9.75. The molecule has 0 aliphatic heterocycles. The average Bonchev–Trinajstić information content (AvgIpc) is 2.67. The molecule has 0 amide bonds. The summed E-state index contributed by atoms with van der Waals surface area (Å²) in [6.45, 7) is 1.53. The molecule has 0 N–H and O–H groups in total. The van der Waals surface area contributed by atoms with Gasteiger partial charge in [0.25, 0.3) is 0 Å². The molecule has 1 fully saturated rings. The van der Waals surface area contributed by atoms with Crippen molar-refractivity contribution in [3.8, 4) is 0 Å². The molecule has 3 rings (SSSR count). The van der Waals surface area contributed by atoms with E-state index in [9.17, 15) is 17.6 Å². The Labute approximate surface area is 158 Å². The summed E-state index contributed by atoms with van der Waals surface area (Å²) in [7, 11) is 0. The first kappa shape index (κ1) is 20.0. The van der Waals surface area contributed by atoms with Gasteiger partial charge >= 0.3 is 11.8 Å². The van der Waals surface area contributed by atoms with E-state index in [4.69, 9.17) is 4.74 Å². The standard InChI is InChI=1S/C22H26F4O/c1-2-6-19-13-14-20(22(25,26)21(19,23)24)27-15-16-9-11-18(12-10-16)17-7-4-3-5-8-17/h9-14,17H,2-8,15H2,1H3. The third-order valence-corrected chi connectivity index (χ3v) is 5.51. The van der Waals surface area contributed by atoms with Crippen LogP contribution < -0.4 is 0 Å². The van der Waals surface area contributed by atoms with Crippen LogP contribution in [0.5, 0.6) is 0 Å². The van der Waals surface area contributed by atoms with Crippen LogP contribution in [0, 0.1) is 0 Å². The third-order valence-electron chi connectivity index (χ3n) is 5.51. The number of benzene rings is 1. The molecule has 0 atom stereocenters. The molecule has 0 spiro atoms. The summed E-state index contributed by atoms with van der Waals surface area (Å²) >= 11 is 0. The van der Waals surface area contributed by atoms with Crippen LogP contribution in [-0.4, -0.2) is 11.8 Å². The van der Waals surface area contributed by atoms with Crippen molar-refractivity contribution in [2.45, 2.75) is 76.2 Å². The Morgan fingerprint density at radius 1 is 0.926 bits per heavy atom. The first-order valence-electron chi connectivity index (χ1n) is 9.75. The summed E-state index contributed by atoms with van der Waals surface area (Å²) in [5.74, 6) is -8.95. The highest BCUT2D eigenvalue weighted by Crippen LogP contribution is 2.49. The second kappa shape index (κ2) is 8.07. The predicted molar refractivity (Wildman–Crippen MR) is 98.0 cm³/mol. The second-order valence-electron chi connectivity index (χ2n) is 7.49. The highest BCUT2D eigenvalue weighted by molar-refractivity contribution is 5.35. The fourth-order valence-electron chi connectivity index (χ4n) is 3.87. The van der Waals surface area contributed by atoms with Crippen LogP contribution in [0.2, 0.25) is 0 Å². The lowest BCUT2D eigenvalue weighted by molar-refractivity contribution is -0.187. The van der Waals surface area contributed by atoms with Gasteiger partial charge in [-0.3, -0.25) is 0 Å². The molecule has 1 aromatic rings. The van der Waals surface area contributed by atoms with E-state index in [-0.39, 0.29) is 13.0 Å². The maximum absolute atomic E-state index is 14.2. The van der Waals surface area contributed by atoms with Gasteiger partial charge in [0, 0.05) is 5.57 Å². The molecule has 27 heavy (non-hydrogen) atoms. The Morgan fingerprint density at radius 2 is 1.59 bits per heavy atom. The van der Waals surface area contributed by atoms with Crippen molar-refractivity contribution in [3.63, 3.8) is 0 Å². The molecule has 0 heterocycles. The fourth-order valence-corrected chi connectivity index (χ4v) is 3.87. The summed E-state index contributed by atoms with van der Waals surface area (Å²) in [5.41, 5.74) is 1.40. The van der Waals surface area contributed by atoms with Gasteiger partial charge in [-0.2, -0.15) is 17.6 Å². The van der Waals surface area contributed by atoms with Crippen LogP contribution in [0.4, 0.5) is 17.6 Å². The van der Waals surface area contributed by atoms with E-state index in [0.29, 0.717) is 17.9 Å². The summed E-state index contributed by atoms with van der Waals surface area (Å²) in [6.07, 6.45) is 8.49. The van der Waals surface area contributed by atoms with Gasteiger partial charge in [-0.1, -0.05) is 62.9 Å². The SMILES string of the molecule is CCCC1=CC=C(OCc2ccc(C3CCCCC3)cc2)C(F)(F)C1(F)F. The average molecular weight is 382 g/mol. The van der Waals surface area contributed by atoms with E-state index in [0.717, 1.165) is 12.2 Å². The zero-order valence-corrected chi connectivity index (χ0v) is 15.6. The van der Waals surface area contributed by atoms with Crippen LogP contribution in [-0.2, 0) is 11.3 Å². The van der Waals surface area contributed by atoms with Gasteiger partial charge < -0.3 is 4.74 Å². The van der Waals surface area contributed by atoms with Gasteiger partial charge in [0.15, 0.2) is 5.76 Å². The number of allylic oxidation sites excluding steroid dienone is 4. The van der Waals surface area contributed by atoms with Gasteiger partial charge in [0.1, 0.15) is 6.61 Å². The van der Waals surface area contributed by atoms with Gasteiger partial charge in [0.05, 0.1) is 0 Å². The molecule has 0 radical (unpaired) electrons. The minimum absolute atomic E-state index is 0.0605. The smallest absolute Gasteiger partial charge is 0.369 e. The van der Waals surface area contributed by atoms with E-state index < -0.39 is 23.2 Å². The largest absolute Gasteiger partial charge is 0.487 e. The lowest BCUT2D eigenvalue weighted by Crippen LogP contribution is -2.45. The van der Waals surface area contributed by atoms with Gasteiger partial charge in [-0.25, -0.2) is 0 Å². The number of ether oxygens (including phenoxy) is 1. The third kappa shape index (κ3) is 4.07. The van der Waals surface area contributed by atoms with Crippen molar-refractivity contribution in [1.29, 1.82) is 0 Å². The Morgan fingerprint density at radius 3 is 2.22 bits per heavy atom. The highest BCUT2D eigenvalue weighted by atomic mass is 19.3. The van der Waals surface area contributed by atoms with Crippen LogP contribution in [0.25, 0.3) is 0 Å². The molecule has 0 aromatic heterocycles. The Bertz CT molecular complexity index is 698. The molecule has 2 aliphatic rings. The maximum Gasteiger partial charge on any atom is 0.369 e. The van der Waals surface area contributed by atoms with Crippen molar-refractivity contribution < 1.29 is 22.3 Å². The van der Waals surface area contributed by atoms with Gasteiger partial charge in [-0.15, -0.1) is 0 Å². The van der Waals surface area contributed by atoms with Gasteiger partial charge in [-0.05, 0) is 42.4 Å². The van der Waals surface area contributed by atoms with Crippen molar-refractivity contribution >= 4 is 0 Å². The summed E-state index contributed by atoms with van der Waals surface area (Å²) in [6, 6.07) is 7.66. The second-order valence-corrected chi connectivity index (χ2v) is 7.49. The number of rotatable bonds is 6. The Hall–Kier alpha value is -1.78. The van der Waals surface area contributed by atoms with E-state index in [1.54, 1.807) is 6.92 Å². The lowest BCUT2D eigenvalue weighted by Gasteiger charge is -2.32. The first-order chi connectivity index (χ1) is 12.9. The molecular formula is C22H26F4O. The number of alkyl halides is 4. The van der Waals surface area contributed by atoms with Crippen molar-refractivity contribution in [2.24, 2.45) is 0 Å². The van der Waals surface area contributed by atoms with Crippen molar-refractivity contribution in [1.82, 2.24) is 0 Å². The van der Waals surface area contributed by atoms with E-state index in [1.165, 1.54) is 37.7 Å². The number of halogens is 4. The number of hydrogen-bond acceptors (Lipinski definition) is 1. The monoisotopic (exact) mass is 382 g/mol. The van der Waals surface area contributed by atoms with E-state index in [1.807, 2.05) is 24.3 Å². The molecule has 2 aliphatic carbocycles. The molecule has 0 bridgehead atoms. The molecule has 148 valence electrons. The van der Waals surface area contributed by atoms with Crippen LogP contribution in [0.1, 0.15) is 68.9 Å². The quantitative estimate of drug-likeness (QED) is 0.475. The molecule has 1 aromatic carbocycles. The van der Waals surface area contributed by atoms with E-state index in [2.05, 4.69) is 0 Å². The zero-order valence-electron chi connectivity index (χ0n) is 15.6. The molecule has 0 saturated heterocycles. The molecule has 5 heteroatoms. The summed E-state index contributed by atoms with van der Waals surface area (Å²) in [4.78, 5) is 0. The summed E-state index contributed by atoms with van der Waals surface area (Å²) < 4.78 is 61.9. The van der Waals surface area contributed by atoms with Crippen molar-refractivity contribution in [2.75, 3.05) is 0 Å². The van der Waals surface area contributed by atoms with Crippen LogP contribution in [0.3, 0.4) is 0 Å². The Kier molecular flexibility index (Phi) is 5.97. The molecular weight excluding hydrogens is 356 g/mol. The topological polar surface area (TPSA) is 9.23 Å². The van der Waals surface area contributed by atoms with Gasteiger partial charge in [0.2, 0.25) is 0 Å². The fraction of sp³-hybridized carbons (Fsp3) is 0.545. The minimum atomic E-state index is -4.33. The molecule has 1 nitrogen and oxygen atoms in total. The lowest BCUT2D eigenvalue weighted by atomic mass is 9.84. The molecule has 1 saturated carbocycles. The normalized spacial score (nSPS) is 22.1. The number of hydrogen-bond donors (Lipinski definition) is 0. The highest BCUT2D eigenvalue weighted by Gasteiger charge is 2.63. The molecule has 0 unspecified atom stereocenters. The minimum Gasteiger partial charge on any atom is -0.487 e. The Balaban J connectivity index is 1.67. The van der Waals surface area contributed by atoms with Crippen LogP contribution >= 0.6 is 0 Å².